The Labute approximate surface area is 125 Å². The lowest BCUT2D eigenvalue weighted by molar-refractivity contribution is 0.0599. The van der Waals surface area contributed by atoms with Crippen molar-refractivity contribution in [2.75, 3.05) is 12.4 Å². The first-order valence-electron chi connectivity index (χ1n) is 6.39. The van der Waals surface area contributed by atoms with Gasteiger partial charge < -0.3 is 10.1 Å². The second-order valence-electron chi connectivity index (χ2n) is 4.52. The summed E-state index contributed by atoms with van der Waals surface area (Å²) in [4.78, 5) is 23.6. The maximum Gasteiger partial charge on any atom is 0.338 e. The lowest BCUT2D eigenvalue weighted by Gasteiger charge is -2.12. The van der Waals surface area contributed by atoms with Gasteiger partial charge in [0.05, 0.1) is 12.7 Å². The lowest BCUT2D eigenvalue weighted by atomic mass is 10.1. The van der Waals surface area contributed by atoms with Crippen molar-refractivity contribution < 1.29 is 23.1 Å². The quantitative estimate of drug-likeness (QED) is 0.885. The van der Waals surface area contributed by atoms with Gasteiger partial charge in [-0.05, 0) is 36.8 Å². The summed E-state index contributed by atoms with van der Waals surface area (Å²) in [6.07, 6.45) is 0. The maximum atomic E-state index is 13.6. The topological polar surface area (TPSA) is 55.4 Å². The van der Waals surface area contributed by atoms with E-state index >= 15 is 0 Å². The van der Waals surface area contributed by atoms with E-state index in [-0.39, 0.29) is 11.3 Å². The molecule has 0 aliphatic rings. The number of carbonyl (C=O) groups excluding carboxylic acids is 2. The van der Waals surface area contributed by atoms with Crippen molar-refractivity contribution in [1.29, 1.82) is 0 Å². The number of carbonyl (C=O) groups is 2. The summed E-state index contributed by atoms with van der Waals surface area (Å²) in [5, 5.41) is 2.40. The van der Waals surface area contributed by atoms with Gasteiger partial charge in [0.1, 0.15) is 17.2 Å². The van der Waals surface area contributed by atoms with Gasteiger partial charge in [0.25, 0.3) is 5.91 Å². The molecule has 0 aliphatic carbocycles. The fourth-order valence-electron chi connectivity index (χ4n) is 2.00. The summed E-state index contributed by atoms with van der Waals surface area (Å²) in [7, 11) is 1.24. The predicted molar refractivity (Wildman–Crippen MR) is 76.8 cm³/mol. The van der Waals surface area contributed by atoms with E-state index in [1.165, 1.54) is 31.4 Å². The van der Waals surface area contributed by atoms with Crippen molar-refractivity contribution in [3.8, 4) is 0 Å². The molecule has 4 nitrogen and oxygen atoms in total. The van der Waals surface area contributed by atoms with Crippen LogP contribution in [0.25, 0.3) is 0 Å². The van der Waals surface area contributed by atoms with E-state index in [1.807, 2.05) is 0 Å². The Morgan fingerprint density at radius 1 is 1.05 bits per heavy atom. The van der Waals surface area contributed by atoms with Gasteiger partial charge >= 0.3 is 5.97 Å². The van der Waals surface area contributed by atoms with E-state index in [4.69, 9.17) is 0 Å². The van der Waals surface area contributed by atoms with Gasteiger partial charge in [-0.25, -0.2) is 13.6 Å². The van der Waals surface area contributed by atoms with E-state index < -0.39 is 29.1 Å². The van der Waals surface area contributed by atoms with Gasteiger partial charge in [0.2, 0.25) is 0 Å². The Morgan fingerprint density at radius 2 is 1.64 bits per heavy atom. The number of anilines is 1. The normalized spacial score (nSPS) is 10.2. The van der Waals surface area contributed by atoms with Crippen LogP contribution < -0.4 is 5.32 Å². The first-order chi connectivity index (χ1) is 10.5. The molecule has 0 aliphatic heterocycles. The minimum atomic E-state index is -0.959. The van der Waals surface area contributed by atoms with Crippen LogP contribution in [0.15, 0.2) is 36.4 Å². The predicted octanol–water partition coefficient (Wildman–Crippen LogP) is 3.31. The summed E-state index contributed by atoms with van der Waals surface area (Å²) < 4.78 is 31.8. The molecule has 22 heavy (non-hydrogen) atoms. The molecule has 0 bridgehead atoms. The second kappa shape index (κ2) is 6.34. The third-order valence-electron chi connectivity index (χ3n) is 3.18. The summed E-state index contributed by atoms with van der Waals surface area (Å²) >= 11 is 0. The van der Waals surface area contributed by atoms with Crippen LogP contribution in [-0.4, -0.2) is 19.0 Å². The molecule has 0 saturated carbocycles. The largest absolute Gasteiger partial charge is 0.465 e. The average molecular weight is 305 g/mol. The highest BCUT2D eigenvalue weighted by atomic mass is 19.1. The van der Waals surface area contributed by atoms with Crippen LogP contribution in [0, 0.1) is 18.6 Å². The van der Waals surface area contributed by atoms with E-state index in [2.05, 4.69) is 10.1 Å². The summed E-state index contributed by atoms with van der Waals surface area (Å²) in [6, 6.07) is 7.75. The van der Waals surface area contributed by atoms with Gasteiger partial charge in [-0.2, -0.15) is 0 Å². The molecule has 2 rings (SSSR count). The van der Waals surface area contributed by atoms with Crippen LogP contribution in [-0.2, 0) is 4.74 Å². The monoisotopic (exact) mass is 305 g/mol. The van der Waals surface area contributed by atoms with Crippen LogP contribution in [0.3, 0.4) is 0 Å². The molecule has 0 aromatic heterocycles. The molecule has 0 atom stereocenters. The molecule has 0 unspecified atom stereocenters. The Hall–Kier alpha value is -2.76. The number of hydrogen-bond donors (Lipinski definition) is 1. The molecular formula is C16H13F2NO3. The Bertz CT molecular complexity index is 724. The molecule has 0 fully saturated rings. The summed E-state index contributed by atoms with van der Waals surface area (Å²) in [6.45, 7) is 1.60. The number of rotatable bonds is 3. The van der Waals surface area contributed by atoms with Gasteiger partial charge in [0.15, 0.2) is 0 Å². The first kappa shape index (κ1) is 15.6. The van der Waals surface area contributed by atoms with Crippen molar-refractivity contribution in [3.63, 3.8) is 0 Å². The molecule has 1 N–H and O–H groups in total. The smallest absolute Gasteiger partial charge is 0.338 e. The van der Waals surface area contributed by atoms with E-state index in [1.54, 1.807) is 6.92 Å². The van der Waals surface area contributed by atoms with E-state index in [0.29, 0.717) is 5.56 Å². The standard InChI is InChI=1S/C16H13F2NO3/c1-9-10(16(21)22-2)5-3-8-13(9)19-15(20)14-11(17)6-4-7-12(14)18/h3-8H,1-2H3,(H,19,20). The van der Waals surface area contributed by atoms with E-state index in [9.17, 15) is 18.4 Å². The first-order valence-corrected chi connectivity index (χ1v) is 6.39. The van der Waals surface area contributed by atoms with Crippen molar-refractivity contribution in [2.45, 2.75) is 6.92 Å². The third kappa shape index (κ3) is 2.95. The van der Waals surface area contributed by atoms with Crippen LogP contribution in [0.5, 0.6) is 0 Å². The zero-order valence-electron chi connectivity index (χ0n) is 11.9. The number of benzene rings is 2. The SMILES string of the molecule is COC(=O)c1cccc(NC(=O)c2c(F)cccc2F)c1C. The molecule has 6 heteroatoms. The van der Waals surface area contributed by atoms with Gasteiger partial charge in [0, 0.05) is 5.69 Å². The number of amides is 1. The number of esters is 1. The zero-order chi connectivity index (χ0) is 16.3. The maximum absolute atomic E-state index is 13.6. The van der Waals surface area contributed by atoms with Crippen LogP contribution in [0.2, 0.25) is 0 Å². The van der Waals surface area contributed by atoms with Crippen LogP contribution in [0.4, 0.5) is 14.5 Å². The van der Waals surface area contributed by atoms with Crippen molar-refractivity contribution in [1.82, 2.24) is 0 Å². The molecule has 0 saturated heterocycles. The fraction of sp³-hybridized carbons (Fsp3) is 0.125. The summed E-state index contributed by atoms with van der Waals surface area (Å²) in [5.74, 6) is -3.41. The second-order valence-corrected chi connectivity index (χ2v) is 4.52. The minimum absolute atomic E-state index is 0.259. The molecular weight excluding hydrogens is 292 g/mol. The number of halogens is 2. The highest BCUT2D eigenvalue weighted by molar-refractivity contribution is 6.06. The molecule has 0 heterocycles. The zero-order valence-corrected chi connectivity index (χ0v) is 11.9. The Morgan fingerprint density at radius 3 is 2.23 bits per heavy atom. The van der Waals surface area contributed by atoms with Crippen LogP contribution in [0.1, 0.15) is 26.3 Å². The molecule has 1 amide bonds. The Kier molecular flexibility index (Phi) is 4.50. The van der Waals surface area contributed by atoms with Gasteiger partial charge in [-0.15, -0.1) is 0 Å². The van der Waals surface area contributed by atoms with Crippen molar-refractivity contribution >= 4 is 17.6 Å². The van der Waals surface area contributed by atoms with Gasteiger partial charge in [-0.1, -0.05) is 12.1 Å². The average Bonchev–Trinajstić information content (AvgIpc) is 2.48. The molecule has 0 radical (unpaired) electrons. The van der Waals surface area contributed by atoms with Gasteiger partial charge in [-0.3, -0.25) is 4.79 Å². The number of methoxy groups -OCH3 is 1. The Balaban J connectivity index is 2.35. The highest BCUT2D eigenvalue weighted by Gasteiger charge is 2.19. The lowest BCUT2D eigenvalue weighted by Crippen LogP contribution is -2.17. The number of nitrogens with one attached hydrogen (secondary N) is 1. The molecule has 2 aromatic rings. The van der Waals surface area contributed by atoms with Crippen molar-refractivity contribution in [3.05, 3.63) is 64.7 Å². The number of ether oxygens (including phenoxy) is 1. The van der Waals surface area contributed by atoms with E-state index in [0.717, 1.165) is 12.1 Å². The third-order valence-corrected chi connectivity index (χ3v) is 3.18. The summed E-state index contributed by atoms with van der Waals surface area (Å²) in [5.41, 5.74) is 0.301. The molecule has 114 valence electrons. The van der Waals surface area contributed by atoms with Crippen LogP contribution >= 0.6 is 0 Å². The number of hydrogen-bond acceptors (Lipinski definition) is 3. The highest BCUT2D eigenvalue weighted by Crippen LogP contribution is 2.21. The molecule has 2 aromatic carbocycles. The van der Waals surface area contributed by atoms with Crippen molar-refractivity contribution in [2.24, 2.45) is 0 Å². The fourth-order valence-corrected chi connectivity index (χ4v) is 2.00. The molecule has 0 spiro atoms. The minimum Gasteiger partial charge on any atom is -0.465 e.